The summed E-state index contributed by atoms with van der Waals surface area (Å²) in [5, 5.41) is 0. The van der Waals surface area contributed by atoms with E-state index in [9.17, 15) is 9.59 Å². The van der Waals surface area contributed by atoms with Crippen LogP contribution in [0.15, 0.2) is 6.07 Å². The molecule has 0 aromatic carbocycles. The smallest absolute Gasteiger partial charge is 0.350 e. The number of carbonyl (C=O) groups excluding carboxylic acids is 2. The average molecular weight is 465 g/mol. The van der Waals surface area contributed by atoms with Crippen molar-refractivity contribution < 1.29 is 19.1 Å². The number of hydrogen-bond acceptors (Lipinski definition) is 5. The molecule has 0 bridgehead atoms. The standard InChI is InChI=1S/C17H24INO4S/c1-11-4-6-12(7-5-11)16(20)19(8-9-22-2)13-10-14(18)24-15(13)17(21)23-3/h10-12H,4-9H2,1-3H3. The summed E-state index contributed by atoms with van der Waals surface area (Å²) in [4.78, 5) is 27.4. The first-order valence-corrected chi connectivity index (χ1v) is 10.0. The lowest BCUT2D eigenvalue weighted by molar-refractivity contribution is -0.123. The second kappa shape index (κ2) is 9.15. The minimum atomic E-state index is -0.398. The zero-order chi connectivity index (χ0) is 17.7. The molecule has 0 aliphatic heterocycles. The first-order chi connectivity index (χ1) is 11.5. The third-order valence-corrected chi connectivity index (χ3v) is 6.36. The fraction of sp³-hybridized carbons (Fsp3) is 0.647. The van der Waals surface area contributed by atoms with Crippen LogP contribution in [-0.4, -0.2) is 39.2 Å². The lowest BCUT2D eigenvalue weighted by atomic mass is 9.82. The molecule has 0 saturated heterocycles. The van der Waals surface area contributed by atoms with Crippen molar-refractivity contribution in [3.05, 3.63) is 13.8 Å². The number of esters is 1. The maximum Gasteiger partial charge on any atom is 0.350 e. The first-order valence-electron chi connectivity index (χ1n) is 8.15. The van der Waals surface area contributed by atoms with Gasteiger partial charge in [-0.1, -0.05) is 6.92 Å². The van der Waals surface area contributed by atoms with Crippen molar-refractivity contribution in [1.29, 1.82) is 0 Å². The van der Waals surface area contributed by atoms with Gasteiger partial charge in [0.25, 0.3) is 0 Å². The summed E-state index contributed by atoms with van der Waals surface area (Å²) < 4.78 is 11.0. The van der Waals surface area contributed by atoms with Crippen LogP contribution in [-0.2, 0) is 14.3 Å². The van der Waals surface area contributed by atoms with Crippen LogP contribution in [0.3, 0.4) is 0 Å². The van der Waals surface area contributed by atoms with Gasteiger partial charge in [0.05, 0.1) is 22.3 Å². The van der Waals surface area contributed by atoms with Gasteiger partial charge in [-0.25, -0.2) is 4.79 Å². The number of thiophene rings is 1. The van der Waals surface area contributed by atoms with E-state index in [0.717, 1.165) is 28.6 Å². The van der Waals surface area contributed by atoms with Crippen LogP contribution in [0.1, 0.15) is 42.3 Å². The molecule has 1 aromatic rings. The SMILES string of the molecule is COCCN(C(=O)C1CCC(C)CC1)c1cc(I)sc1C(=O)OC. The number of hydrogen-bond donors (Lipinski definition) is 0. The van der Waals surface area contributed by atoms with Crippen molar-refractivity contribution in [3.8, 4) is 0 Å². The Balaban J connectivity index is 2.28. The van der Waals surface area contributed by atoms with Gasteiger partial charge >= 0.3 is 5.97 Å². The Kier molecular flexibility index (Phi) is 7.49. The normalized spacial score (nSPS) is 20.7. The average Bonchev–Trinajstić information content (AvgIpc) is 2.96. The fourth-order valence-electron chi connectivity index (χ4n) is 3.05. The Labute approximate surface area is 160 Å². The van der Waals surface area contributed by atoms with E-state index in [4.69, 9.17) is 9.47 Å². The van der Waals surface area contributed by atoms with Gasteiger partial charge < -0.3 is 14.4 Å². The monoisotopic (exact) mass is 465 g/mol. The summed E-state index contributed by atoms with van der Waals surface area (Å²) in [6, 6.07) is 1.89. The Bertz CT molecular complexity index is 581. The Morgan fingerprint density at radius 1 is 1.29 bits per heavy atom. The molecule has 1 amide bonds. The number of ether oxygens (including phenoxy) is 2. The number of methoxy groups -OCH3 is 2. The molecule has 134 valence electrons. The van der Waals surface area contributed by atoms with E-state index in [1.807, 2.05) is 6.07 Å². The molecule has 1 aliphatic carbocycles. The summed E-state index contributed by atoms with van der Waals surface area (Å²) in [7, 11) is 2.98. The molecule has 24 heavy (non-hydrogen) atoms. The van der Waals surface area contributed by atoms with Crippen molar-refractivity contribution in [1.82, 2.24) is 0 Å². The molecule has 1 heterocycles. The van der Waals surface area contributed by atoms with E-state index in [0.29, 0.717) is 29.6 Å². The lowest BCUT2D eigenvalue weighted by Gasteiger charge is -2.31. The van der Waals surface area contributed by atoms with Gasteiger partial charge in [0, 0.05) is 19.6 Å². The van der Waals surface area contributed by atoms with Gasteiger partial charge in [-0.15, -0.1) is 11.3 Å². The van der Waals surface area contributed by atoms with E-state index in [1.54, 1.807) is 12.0 Å². The number of nitrogens with zero attached hydrogens (tertiary/aromatic N) is 1. The van der Waals surface area contributed by atoms with E-state index >= 15 is 0 Å². The molecule has 1 aliphatic rings. The van der Waals surface area contributed by atoms with Crippen molar-refractivity contribution >= 4 is 51.5 Å². The van der Waals surface area contributed by atoms with E-state index in [2.05, 4.69) is 29.5 Å². The predicted molar refractivity (Wildman–Crippen MR) is 104 cm³/mol. The van der Waals surface area contributed by atoms with Crippen LogP contribution in [0, 0.1) is 14.7 Å². The second-order valence-electron chi connectivity index (χ2n) is 6.20. The molecule has 0 N–H and O–H groups in total. The van der Waals surface area contributed by atoms with Gasteiger partial charge in [0.15, 0.2) is 0 Å². The Morgan fingerprint density at radius 3 is 2.54 bits per heavy atom. The molecule has 2 rings (SSSR count). The molecule has 0 radical (unpaired) electrons. The number of rotatable bonds is 6. The Hall–Kier alpha value is -0.670. The van der Waals surface area contributed by atoms with E-state index in [1.165, 1.54) is 18.4 Å². The van der Waals surface area contributed by atoms with E-state index < -0.39 is 5.97 Å². The third-order valence-electron chi connectivity index (χ3n) is 4.49. The van der Waals surface area contributed by atoms with Gasteiger partial charge in [0.2, 0.25) is 5.91 Å². The highest BCUT2D eigenvalue weighted by atomic mass is 127. The molecule has 1 saturated carbocycles. The highest BCUT2D eigenvalue weighted by Crippen LogP contribution is 2.35. The van der Waals surface area contributed by atoms with Gasteiger partial charge in [0.1, 0.15) is 4.88 Å². The van der Waals surface area contributed by atoms with Gasteiger partial charge in [-0.05, 0) is 60.3 Å². The zero-order valence-corrected chi connectivity index (χ0v) is 17.3. The summed E-state index contributed by atoms with van der Waals surface area (Å²) in [5.74, 6) is 0.416. The summed E-state index contributed by atoms with van der Waals surface area (Å²) >= 11 is 3.52. The molecule has 0 atom stereocenters. The Morgan fingerprint density at radius 2 is 1.96 bits per heavy atom. The number of carbonyl (C=O) groups is 2. The molecule has 0 unspecified atom stereocenters. The first kappa shape index (κ1) is 19.7. The largest absolute Gasteiger partial charge is 0.465 e. The zero-order valence-electron chi connectivity index (χ0n) is 14.3. The van der Waals surface area contributed by atoms with Crippen LogP contribution in [0.2, 0.25) is 0 Å². The van der Waals surface area contributed by atoms with Gasteiger partial charge in [-0.2, -0.15) is 0 Å². The molecule has 5 nitrogen and oxygen atoms in total. The highest BCUT2D eigenvalue weighted by molar-refractivity contribution is 14.1. The van der Waals surface area contributed by atoms with Crippen molar-refractivity contribution in [2.24, 2.45) is 11.8 Å². The molecule has 7 heteroatoms. The van der Waals surface area contributed by atoms with Crippen molar-refractivity contribution in [2.45, 2.75) is 32.6 Å². The maximum atomic E-state index is 13.1. The predicted octanol–water partition coefficient (Wildman–Crippen LogP) is 3.95. The highest BCUT2D eigenvalue weighted by Gasteiger charge is 2.31. The third kappa shape index (κ3) is 4.70. The molecular formula is C17H24INO4S. The molecular weight excluding hydrogens is 441 g/mol. The van der Waals surface area contributed by atoms with Crippen LogP contribution >= 0.6 is 33.9 Å². The minimum Gasteiger partial charge on any atom is -0.465 e. The number of anilines is 1. The topological polar surface area (TPSA) is 55.8 Å². The number of amides is 1. The molecule has 1 fully saturated rings. The quantitative estimate of drug-likeness (QED) is 0.472. The minimum absolute atomic E-state index is 0.0288. The van der Waals surface area contributed by atoms with Crippen LogP contribution < -0.4 is 4.90 Å². The van der Waals surface area contributed by atoms with Gasteiger partial charge in [-0.3, -0.25) is 4.79 Å². The van der Waals surface area contributed by atoms with E-state index in [-0.39, 0.29) is 11.8 Å². The van der Waals surface area contributed by atoms with Crippen molar-refractivity contribution in [3.63, 3.8) is 0 Å². The van der Waals surface area contributed by atoms with Crippen LogP contribution in [0.4, 0.5) is 5.69 Å². The molecule has 1 aromatic heterocycles. The summed E-state index contributed by atoms with van der Waals surface area (Å²) in [6.07, 6.45) is 4.00. The number of halogens is 1. The molecule has 0 spiro atoms. The van der Waals surface area contributed by atoms with Crippen molar-refractivity contribution in [2.75, 3.05) is 32.3 Å². The van der Waals surface area contributed by atoms with Crippen LogP contribution in [0.5, 0.6) is 0 Å². The summed E-state index contributed by atoms with van der Waals surface area (Å²) in [5.41, 5.74) is 0.650. The maximum absolute atomic E-state index is 13.1. The lowest BCUT2D eigenvalue weighted by Crippen LogP contribution is -2.40. The summed E-state index contributed by atoms with van der Waals surface area (Å²) in [6.45, 7) is 3.11. The second-order valence-corrected chi connectivity index (χ2v) is 9.14. The van der Waals surface area contributed by atoms with Crippen LogP contribution in [0.25, 0.3) is 0 Å². The fourth-order valence-corrected chi connectivity index (χ4v) is 4.81.